The van der Waals surface area contributed by atoms with Crippen molar-refractivity contribution < 1.29 is 23.9 Å². The van der Waals surface area contributed by atoms with E-state index >= 15 is 0 Å². The summed E-state index contributed by atoms with van der Waals surface area (Å²) in [5.41, 5.74) is 3.04. The van der Waals surface area contributed by atoms with Crippen LogP contribution in [0.25, 0.3) is 11.3 Å². The van der Waals surface area contributed by atoms with Crippen LogP contribution in [0.3, 0.4) is 0 Å². The molecule has 0 fully saturated rings. The summed E-state index contributed by atoms with van der Waals surface area (Å²) in [6.45, 7) is 5.70. The number of anilines is 1. The number of ether oxygens (including phenoxy) is 2. The quantitative estimate of drug-likeness (QED) is 0.522. The van der Waals surface area contributed by atoms with Crippen LogP contribution in [0, 0.1) is 0 Å². The van der Waals surface area contributed by atoms with Crippen molar-refractivity contribution >= 4 is 23.9 Å². The van der Waals surface area contributed by atoms with Gasteiger partial charge in [0.05, 0.1) is 5.56 Å². The first kappa shape index (κ1) is 25.0. The van der Waals surface area contributed by atoms with Crippen molar-refractivity contribution in [2.75, 3.05) is 18.5 Å². The third-order valence-corrected chi connectivity index (χ3v) is 5.88. The van der Waals surface area contributed by atoms with Crippen LogP contribution < -0.4 is 4.90 Å². The number of pyridine rings is 1. The highest BCUT2D eigenvalue weighted by Crippen LogP contribution is 2.31. The molecule has 3 amide bonds. The number of carbonyl (C=O) groups excluding carboxylic acids is 3. The largest absolute Gasteiger partial charge is 0.444 e. The summed E-state index contributed by atoms with van der Waals surface area (Å²) in [6.07, 6.45) is 0.940. The average Bonchev–Trinajstić information content (AvgIpc) is 3.19. The van der Waals surface area contributed by atoms with Crippen LogP contribution in [-0.4, -0.2) is 51.7 Å². The van der Waals surface area contributed by atoms with E-state index in [-0.39, 0.29) is 19.1 Å². The maximum Gasteiger partial charge on any atom is 0.417 e. The minimum Gasteiger partial charge on any atom is -0.444 e. The minimum absolute atomic E-state index is 0.157. The molecule has 0 aliphatic carbocycles. The fraction of sp³-hybridized carbons (Fsp3) is 0.333. The summed E-state index contributed by atoms with van der Waals surface area (Å²) in [6, 6.07) is 14.8. The van der Waals surface area contributed by atoms with Gasteiger partial charge in [-0.15, -0.1) is 0 Å². The predicted octanol–water partition coefficient (Wildman–Crippen LogP) is 4.79. The molecule has 0 saturated carbocycles. The number of hydrogen-bond donors (Lipinski definition) is 0. The molecule has 0 atom stereocenters. The van der Waals surface area contributed by atoms with Gasteiger partial charge in [-0.2, -0.15) is 0 Å². The normalized spacial score (nSPS) is 13.2. The molecule has 0 N–H and O–H groups in total. The lowest BCUT2D eigenvalue weighted by atomic mass is 10.1. The highest BCUT2D eigenvalue weighted by molar-refractivity contribution is 6.05. The lowest BCUT2D eigenvalue weighted by Crippen LogP contribution is -2.44. The van der Waals surface area contributed by atoms with Gasteiger partial charge in [0.25, 0.3) is 5.91 Å². The zero-order valence-electron chi connectivity index (χ0n) is 21.1. The monoisotopic (exact) mass is 490 g/mol. The highest BCUT2D eigenvalue weighted by atomic mass is 16.6. The molecule has 1 aliphatic rings. The molecule has 9 heteroatoms. The van der Waals surface area contributed by atoms with Gasteiger partial charge in [-0.1, -0.05) is 30.3 Å². The lowest BCUT2D eigenvalue weighted by molar-refractivity contribution is 0.0232. The number of amides is 3. The number of hydrogen-bond acceptors (Lipinski definition) is 6. The number of fused-ring (bicyclic) bond motifs is 1. The van der Waals surface area contributed by atoms with E-state index in [4.69, 9.17) is 9.47 Å². The van der Waals surface area contributed by atoms with Crippen LogP contribution in [0.4, 0.5) is 15.4 Å². The Labute approximate surface area is 210 Å². The van der Waals surface area contributed by atoms with Gasteiger partial charge in [0, 0.05) is 50.2 Å². The molecule has 188 valence electrons. The van der Waals surface area contributed by atoms with Gasteiger partial charge in [-0.05, 0) is 44.5 Å². The van der Waals surface area contributed by atoms with Crippen molar-refractivity contribution in [3.8, 4) is 11.3 Å². The topological polar surface area (TPSA) is 94.0 Å². The molecular weight excluding hydrogens is 460 g/mol. The van der Waals surface area contributed by atoms with Gasteiger partial charge < -0.3 is 14.0 Å². The Balaban J connectivity index is 1.53. The molecule has 4 rings (SSSR count). The van der Waals surface area contributed by atoms with Crippen LogP contribution in [0.2, 0.25) is 0 Å². The molecule has 2 aromatic heterocycles. The number of carbonyl (C=O) groups is 3. The molecule has 0 saturated heterocycles. The first-order valence-corrected chi connectivity index (χ1v) is 11.7. The second kappa shape index (κ2) is 9.85. The van der Waals surface area contributed by atoms with Gasteiger partial charge in [-0.25, -0.2) is 19.5 Å². The number of aromatic nitrogens is 2. The summed E-state index contributed by atoms with van der Waals surface area (Å²) >= 11 is 0. The summed E-state index contributed by atoms with van der Waals surface area (Å²) in [5, 5.41) is 0. The molecular formula is C27H30N4O5. The highest BCUT2D eigenvalue weighted by Gasteiger charge is 2.34. The Morgan fingerprint density at radius 3 is 2.53 bits per heavy atom. The second-order valence-corrected chi connectivity index (χ2v) is 9.64. The molecule has 1 aromatic carbocycles. The van der Waals surface area contributed by atoms with Crippen molar-refractivity contribution in [1.29, 1.82) is 0 Å². The van der Waals surface area contributed by atoms with Crippen molar-refractivity contribution in [1.82, 2.24) is 14.5 Å². The molecule has 0 radical (unpaired) electrons. The summed E-state index contributed by atoms with van der Waals surface area (Å²) in [4.78, 5) is 45.1. The van der Waals surface area contributed by atoms with Crippen molar-refractivity contribution in [2.24, 2.45) is 7.05 Å². The second-order valence-electron chi connectivity index (χ2n) is 9.64. The van der Waals surface area contributed by atoms with Crippen molar-refractivity contribution in [2.45, 2.75) is 39.4 Å². The zero-order chi connectivity index (χ0) is 26.0. The van der Waals surface area contributed by atoms with E-state index in [0.29, 0.717) is 17.8 Å². The van der Waals surface area contributed by atoms with E-state index in [0.717, 1.165) is 27.4 Å². The standard InChI is InChI=1S/C27H30N4O5/c1-27(2,3)36-26(34)31-14-12-21-20(24(31)32)16-22(29(21)4)19-11-13-28-23(15-19)30(5)25(33)35-17-18-9-7-6-8-10-18/h6-11,13,15-16H,12,14,17H2,1-5H3. The van der Waals surface area contributed by atoms with Crippen LogP contribution >= 0.6 is 0 Å². The van der Waals surface area contributed by atoms with E-state index in [1.807, 2.05) is 48.0 Å². The summed E-state index contributed by atoms with van der Waals surface area (Å²) in [7, 11) is 3.47. The van der Waals surface area contributed by atoms with Gasteiger partial charge in [0.2, 0.25) is 0 Å². The molecule has 1 aliphatic heterocycles. The maximum absolute atomic E-state index is 13.1. The van der Waals surface area contributed by atoms with Crippen LogP contribution in [-0.2, 0) is 29.5 Å². The van der Waals surface area contributed by atoms with Crippen molar-refractivity contribution in [3.63, 3.8) is 0 Å². The third kappa shape index (κ3) is 5.25. The van der Waals surface area contributed by atoms with Gasteiger partial charge in [-0.3, -0.25) is 9.69 Å². The first-order valence-electron chi connectivity index (χ1n) is 11.7. The van der Waals surface area contributed by atoms with Crippen LogP contribution in [0.15, 0.2) is 54.7 Å². The minimum atomic E-state index is -0.693. The smallest absolute Gasteiger partial charge is 0.417 e. The number of rotatable bonds is 4. The number of nitrogens with zero attached hydrogens (tertiary/aromatic N) is 4. The Hall–Kier alpha value is -4.14. The van der Waals surface area contributed by atoms with Gasteiger partial charge in [0.1, 0.15) is 18.0 Å². The molecule has 0 unspecified atom stereocenters. The first-order chi connectivity index (χ1) is 17.0. The Kier molecular flexibility index (Phi) is 6.83. The van der Waals surface area contributed by atoms with Gasteiger partial charge in [0.15, 0.2) is 0 Å². The number of benzene rings is 1. The van der Waals surface area contributed by atoms with Crippen molar-refractivity contribution in [3.05, 3.63) is 71.5 Å². The number of imide groups is 1. The molecule has 0 bridgehead atoms. The lowest BCUT2D eigenvalue weighted by Gasteiger charge is -2.28. The third-order valence-electron chi connectivity index (χ3n) is 5.88. The van der Waals surface area contributed by atoms with Crippen LogP contribution in [0.5, 0.6) is 0 Å². The molecule has 9 nitrogen and oxygen atoms in total. The Morgan fingerprint density at radius 2 is 1.83 bits per heavy atom. The zero-order valence-corrected chi connectivity index (χ0v) is 21.1. The average molecular weight is 491 g/mol. The predicted molar refractivity (Wildman–Crippen MR) is 135 cm³/mol. The maximum atomic E-state index is 13.1. The van der Waals surface area contributed by atoms with E-state index in [1.165, 1.54) is 4.90 Å². The molecule has 3 aromatic rings. The molecule has 3 heterocycles. The van der Waals surface area contributed by atoms with E-state index < -0.39 is 17.8 Å². The van der Waals surface area contributed by atoms with E-state index in [1.54, 1.807) is 46.1 Å². The Morgan fingerprint density at radius 1 is 1.11 bits per heavy atom. The van der Waals surface area contributed by atoms with Gasteiger partial charge >= 0.3 is 12.2 Å². The SMILES string of the molecule is CN(C(=O)OCc1ccccc1)c1cc(-c2cc3c(n2C)CCN(C(=O)OC(C)(C)C)C3=O)ccn1. The van der Waals surface area contributed by atoms with E-state index in [2.05, 4.69) is 4.98 Å². The summed E-state index contributed by atoms with van der Waals surface area (Å²) in [5.74, 6) is 0.0229. The van der Waals surface area contributed by atoms with E-state index in [9.17, 15) is 14.4 Å². The summed E-state index contributed by atoms with van der Waals surface area (Å²) < 4.78 is 12.7. The van der Waals surface area contributed by atoms with Crippen LogP contribution in [0.1, 0.15) is 42.4 Å². The molecule has 0 spiro atoms. The Bertz CT molecular complexity index is 1290. The molecule has 36 heavy (non-hydrogen) atoms. The fourth-order valence-corrected chi connectivity index (χ4v) is 4.03. The fourth-order valence-electron chi connectivity index (χ4n) is 4.03.